The third kappa shape index (κ3) is 2.81. The summed E-state index contributed by atoms with van der Waals surface area (Å²) in [6, 6.07) is 3.50. The summed E-state index contributed by atoms with van der Waals surface area (Å²) in [5.74, 6) is 0.895. The largest absolute Gasteiger partial charge is 0.495 e. The Labute approximate surface area is 123 Å². The normalized spacial score (nSPS) is 10.4. The fourth-order valence-electron chi connectivity index (χ4n) is 1.69. The van der Waals surface area contributed by atoms with Crippen molar-refractivity contribution >= 4 is 27.5 Å². The van der Waals surface area contributed by atoms with E-state index in [-0.39, 0.29) is 12.5 Å². The van der Waals surface area contributed by atoms with Gasteiger partial charge in [-0.25, -0.2) is 0 Å². The van der Waals surface area contributed by atoms with Gasteiger partial charge in [-0.3, -0.25) is 4.79 Å². The molecule has 0 saturated heterocycles. The van der Waals surface area contributed by atoms with E-state index in [1.54, 1.807) is 12.1 Å². The third-order valence-electron chi connectivity index (χ3n) is 2.50. The van der Waals surface area contributed by atoms with E-state index in [2.05, 4.69) is 31.4 Å². The summed E-state index contributed by atoms with van der Waals surface area (Å²) < 4.78 is 10.9. The van der Waals surface area contributed by atoms with E-state index in [1.807, 2.05) is 0 Å². The van der Waals surface area contributed by atoms with E-state index in [1.165, 1.54) is 14.0 Å². The van der Waals surface area contributed by atoms with Gasteiger partial charge in [-0.2, -0.15) is 4.98 Å². The molecule has 0 fully saturated rings. The molecule has 0 saturated carbocycles. The van der Waals surface area contributed by atoms with Gasteiger partial charge in [0.25, 0.3) is 0 Å². The number of hydrogen-bond acceptors (Lipinski definition) is 6. The van der Waals surface area contributed by atoms with Crippen molar-refractivity contribution in [3.63, 3.8) is 0 Å². The monoisotopic (exact) mass is 340 g/mol. The van der Waals surface area contributed by atoms with Crippen LogP contribution in [0.5, 0.6) is 5.75 Å². The Hall–Kier alpha value is -1.93. The number of nitrogens with zero attached hydrogens (tertiary/aromatic N) is 2. The molecule has 0 aliphatic rings. The first-order valence-corrected chi connectivity index (χ1v) is 6.53. The Balaban J connectivity index is 2.62. The van der Waals surface area contributed by atoms with Crippen LogP contribution in [0, 0.1) is 0 Å². The van der Waals surface area contributed by atoms with Crippen molar-refractivity contribution in [2.45, 2.75) is 13.5 Å². The molecule has 8 heteroatoms. The van der Waals surface area contributed by atoms with Crippen LogP contribution in [0.1, 0.15) is 12.8 Å². The molecule has 0 radical (unpaired) electrons. The topological polar surface area (TPSA) is 103 Å². The summed E-state index contributed by atoms with van der Waals surface area (Å²) in [4.78, 5) is 15.5. The van der Waals surface area contributed by atoms with E-state index in [9.17, 15) is 4.79 Å². The first-order chi connectivity index (χ1) is 9.56. The smallest absolute Gasteiger partial charge is 0.240 e. The molecule has 7 nitrogen and oxygen atoms in total. The number of amides is 1. The Morgan fingerprint density at radius 3 is 2.85 bits per heavy atom. The molecule has 2 rings (SSSR count). The zero-order valence-electron chi connectivity index (χ0n) is 10.9. The zero-order chi connectivity index (χ0) is 14.7. The summed E-state index contributed by atoms with van der Waals surface area (Å²) in [5, 5.41) is 6.57. The van der Waals surface area contributed by atoms with Gasteiger partial charge >= 0.3 is 0 Å². The van der Waals surface area contributed by atoms with Crippen LogP contribution in [0.25, 0.3) is 11.4 Å². The van der Waals surface area contributed by atoms with Crippen LogP contribution < -0.4 is 15.8 Å². The summed E-state index contributed by atoms with van der Waals surface area (Å²) in [5.41, 5.74) is 6.50. The second-order valence-electron chi connectivity index (χ2n) is 3.90. The van der Waals surface area contributed by atoms with Crippen molar-refractivity contribution in [1.29, 1.82) is 0 Å². The lowest BCUT2D eigenvalue weighted by Crippen LogP contribution is -2.09. The van der Waals surface area contributed by atoms with Crippen molar-refractivity contribution in [3.05, 3.63) is 22.5 Å². The fraction of sp³-hybridized carbons (Fsp3) is 0.250. The zero-order valence-corrected chi connectivity index (χ0v) is 12.5. The number of nitrogens with two attached hydrogens (primary N) is 1. The standard InChI is InChI=1S/C12H13BrN4O3/c1-6(18)15-11-8(19-2)4-3-7(13)10(11)12-16-9(5-14)20-17-12/h3-4H,5,14H2,1-2H3,(H,15,18). The SMILES string of the molecule is COc1ccc(Br)c(-c2noc(CN)n2)c1NC(C)=O. The second kappa shape index (κ2) is 6.02. The van der Waals surface area contributed by atoms with E-state index in [4.69, 9.17) is 15.0 Å². The van der Waals surface area contributed by atoms with Gasteiger partial charge in [0.05, 0.1) is 24.9 Å². The molecule has 0 unspecified atom stereocenters. The van der Waals surface area contributed by atoms with E-state index in [0.29, 0.717) is 33.2 Å². The Bertz CT molecular complexity index is 642. The maximum absolute atomic E-state index is 11.4. The van der Waals surface area contributed by atoms with Crippen molar-refractivity contribution < 1.29 is 14.1 Å². The molecule has 0 bridgehead atoms. The number of carbonyl (C=O) groups is 1. The lowest BCUT2D eigenvalue weighted by Gasteiger charge is -2.13. The summed E-state index contributed by atoms with van der Waals surface area (Å²) in [6.07, 6.45) is 0. The van der Waals surface area contributed by atoms with Crippen molar-refractivity contribution in [2.24, 2.45) is 5.73 Å². The molecule has 1 aromatic heterocycles. The first-order valence-electron chi connectivity index (χ1n) is 5.74. The molecule has 20 heavy (non-hydrogen) atoms. The van der Waals surface area contributed by atoms with Gasteiger partial charge in [0.15, 0.2) is 0 Å². The molecule has 1 amide bonds. The first kappa shape index (κ1) is 14.5. The summed E-state index contributed by atoms with van der Waals surface area (Å²) in [7, 11) is 1.51. The van der Waals surface area contributed by atoms with Crippen LogP contribution in [-0.4, -0.2) is 23.2 Å². The van der Waals surface area contributed by atoms with E-state index in [0.717, 1.165) is 0 Å². The maximum atomic E-state index is 11.4. The van der Waals surface area contributed by atoms with E-state index < -0.39 is 0 Å². The predicted octanol–water partition coefficient (Wildman–Crippen LogP) is 1.92. The molecular weight excluding hydrogens is 328 g/mol. The van der Waals surface area contributed by atoms with Gasteiger partial charge in [0.1, 0.15) is 5.75 Å². The number of ether oxygens (including phenoxy) is 1. The second-order valence-corrected chi connectivity index (χ2v) is 4.75. The van der Waals surface area contributed by atoms with Gasteiger partial charge in [0, 0.05) is 11.4 Å². The van der Waals surface area contributed by atoms with Crippen molar-refractivity contribution in [3.8, 4) is 17.1 Å². The van der Waals surface area contributed by atoms with Crippen LogP contribution >= 0.6 is 15.9 Å². The van der Waals surface area contributed by atoms with Crippen LogP contribution in [0.4, 0.5) is 5.69 Å². The minimum atomic E-state index is -0.231. The van der Waals surface area contributed by atoms with Gasteiger partial charge in [-0.1, -0.05) is 5.16 Å². The number of aromatic nitrogens is 2. The highest BCUT2D eigenvalue weighted by molar-refractivity contribution is 9.10. The number of halogens is 1. The van der Waals surface area contributed by atoms with E-state index >= 15 is 0 Å². The molecule has 0 spiro atoms. The molecular formula is C12H13BrN4O3. The van der Waals surface area contributed by atoms with Gasteiger partial charge in [-0.15, -0.1) is 0 Å². The predicted molar refractivity (Wildman–Crippen MR) is 76.2 cm³/mol. The molecule has 1 heterocycles. The van der Waals surface area contributed by atoms with Crippen LogP contribution in [0.2, 0.25) is 0 Å². The highest BCUT2D eigenvalue weighted by atomic mass is 79.9. The molecule has 1 aromatic carbocycles. The quantitative estimate of drug-likeness (QED) is 0.881. The molecule has 0 atom stereocenters. The Morgan fingerprint density at radius 2 is 2.30 bits per heavy atom. The Morgan fingerprint density at radius 1 is 1.55 bits per heavy atom. The highest BCUT2D eigenvalue weighted by Crippen LogP contribution is 2.40. The number of rotatable bonds is 4. The summed E-state index contributed by atoms with van der Waals surface area (Å²) in [6.45, 7) is 1.55. The Kier molecular flexibility index (Phi) is 4.35. The molecule has 106 valence electrons. The number of methoxy groups -OCH3 is 1. The number of anilines is 1. The lowest BCUT2D eigenvalue weighted by molar-refractivity contribution is -0.114. The number of benzene rings is 1. The third-order valence-corrected chi connectivity index (χ3v) is 3.16. The minimum Gasteiger partial charge on any atom is -0.495 e. The molecule has 0 aliphatic heterocycles. The lowest BCUT2D eigenvalue weighted by atomic mass is 10.1. The molecule has 3 N–H and O–H groups in total. The van der Waals surface area contributed by atoms with Crippen molar-refractivity contribution in [1.82, 2.24) is 10.1 Å². The average molecular weight is 341 g/mol. The van der Waals surface area contributed by atoms with Gasteiger partial charge < -0.3 is 20.3 Å². The highest BCUT2D eigenvalue weighted by Gasteiger charge is 2.20. The maximum Gasteiger partial charge on any atom is 0.240 e. The molecule has 0 aliphatic carbocycles. The number of hydrogen-bond donors (Lipinski definition) is 2. The van der Waals surface area contributed by atoms with Gasteiger partial charge in [0.2, 0.25) is 17.6 Å². The fourth-order valence-corrected chi connectivity index (χ4v) is 2.19. The van der Waals surface area contributed by atoms with Gasteiger partial charge in [-0.05, 0) is 28.1 Å². The average Bonchev–Trinajstić information content (AvgIpc) is 2.87. The molecule has 2 aromatic rings. The van der Waals surface area contributed by atoms with Crippen molar-refractivity contribution in [2.75, 3.05) is 12.4 Å². The summed E-state index contributed by atoms with van der Waals surface area (Å²) >= 11 is 3.41. The van der Waals surface area contributed by atoms with Crippen LogP contribution in [0.3, 0.4) is 0 Å². The number of carbonyl (C=O) groups excluding carboxylic acids is 1. The minimum absolute atomic E-state index is 0.143. The van der Waals surface area contributed by atoms with Crippen LogP contribution in [-0.2, 0) is 11.3 Å². The van der Waals surface area contributed by atoms with Crippen LogP contribution in [0.15, 0.2) is 21.1 Å². The number of nitrogens with one attached hydrogen (secondary N) is 1.